The highest BCUT2D eigenvalue weighted by Crippen LogP contribution is 2.71. The first-order chi connectivity index (χ1) is 6.52. The minimum atomic E-state index is -0.881. The Morgan fingerprint density at radius 2 is 2.14 bits per heavy atom. The van der Waals surface area contributed by atoms with Crippen molar-refractivity contribution in [3.8, 4) is 0 Å². The van der Waals surface area contributed by atoms with Crippen LogP contribution in [0.2, 0.25) is 0 Å². The summed E-state index contributed by atoms with van der Waals surface area (Å²) in [5, 5.41) is 2.92. The molecule has 3 fully saturated rings. The molecular weight excluding hydrogens is 185 g/mol. The maximum atomic E-state index is 13.2. The van der Waals surface area contributed by atoms with Crippen molar-refractivity contribution in [2.24, 2.45) is 5.41 Å². The van der Waals surface area contributed by atoms with Crippen LogP contribution >= 0.6 is 0 Å². The Hall–Kier alpha value is -0.640. The molecule has 3 aliphatic rings. The Labute approximate surface area is 83.0 Å². The molecule has 0 saturated heterocycles. The maximum Gasteiger partial charge on any atom is 0.322 e. The van der Waals surface area contributed by atoms with Crippen molar-refractivity contribution in [2.75, 3.05) is 14.2 Å². The fraction of sp³-hybridized carbons (Fsp3) is 0.900. The van der Waals surface area contributed by atoms with Crippen molar-refractivity contribution in [2.45, 2.75) is 37.4 Å². The molecule has 0 unspecified atom stereocenters. The van der Waals surface area contributed by atoms with Crippen molar-refractivity contribution < 1.29 is 13.9 Å². The molecule has 0 amide bonds. The molecule has 3 saturated carbocycles. The van der Waals surface area contributed by atoms with Crippen molar-refractivity contribution in [3.05, 3.63) is 0 Å². The van der Waals surface area contributed by atoms with Crippen molar-refractivity contribution in [1.82, 2.24) is 5.32 Å². The van der Waals surface area contributed by atoms with Crippen molar-refractivity contribution in [3.63, 3.8) is 0 Å². The summed E-state index contributed by atoms with van der Waals surface area (Å²) in [6, 6.07) is -0.273. The second-order valence-corrected chi connectivity index (χ2v) is 4.75. The van der Waals surface area contributed by atoms with Crippen LogP contribution in [-0.2, 0) is 9.53 Å². The summed E-state index contributed by atoms with van der Waals surface area (Å²) in [7, 11) is 3.11. The number of hydrogen-bond acceptors (Lipinski definition) is 3. The Morgan fingerprint density at radius 1 is 1.57 bits per heavy atom. The molecule has 0 heterocycles. The highest BCUT2D eigenvalue weighted by molar-refractivity contribution is 5.75. The molecule has 14 heavy (non-hydrogen) atoms. The maximum absolute atomic E-state index is 13.2. The first-order valence-corrected chi connectivity index (χ1v) is 4.97. The van der Waals surface area contributed by atoms with Crippen LogP contribution in [0, 0.1) is 5.41 Å². The number of methoxy groups -OCH3 is 1. The summed E-state index contributed by atoms with van der Waals surface area (Å²) in [6.07, 6.45) is 2.61. The van der Waals surface area contributed by atoms with Crippen LogP contribution in [0.5, 0.6) is 0 Å². The zero-order chi connectivity index (χ0) is 10.4. The topological polar surface area (TPSA) is 38.3 Å². The van der Waals surface area contributed by atoms with Gasteiger partial charge in [0.1, 0.15) is 11.7 Å². The zero-order valence-electron chi connectivity index (χ0n) is 8.60. The predicted molar refractivity (Wildman–Crippen MR) is 49.6 cm³/mol. The van der Waals surface area contributed by atoms with E-state index in [1.54, 1.807) is 7.05 Å². The zero-order valence-corrected chi connectivity index (χ0v) is 8.60. The van der Waals surface area contributed by atoms with E-state index in [-0.39, 0.29) is 17.4 Å². The standard InChI is InChI=1S/C10H16FNO2/c1-12-7(8(13)14-2)3-9-4-10(11,5-9)6-9/h7,12H,3-6H2,1-2H3/t7-,9?,10?/m1/s1. The normalized spacial score (nSPS) is 40.8. The summed E-state index contributed by atoms with van der Waals surface area (Å²) in [4.78, 5) is 11.3. The summed E-state index contributed by atoms with van der Waals surface area (Å²) < 4.78 is 17.9. The molecular formula is C10H16FNO2. The van der Waals surface area contributed by atoms with E-state index in [0.29, 0.717) is 25.7 Å². The molecule has 0 aromatic heterocycles. The van der Waals surface area contributed by atoms with E-state index in [2.05, 4.69) is 10.1 Å². The average Bonchev–Trinajstić information content (AvgIpc) is 2.07. The summed E-state index contributed by atoms with van der Waals surface area (Å²) >= 11 is 0. The molecule has 80 valence electrons. The number of nitrogens with one attached hydrogen (secondary N) is 1. The number of alkyl halides is 1. The van der Waals surface area contributed by atoms with Gasteiger partial charge in [0.15, 0.2) is 0 Å². The highest BCUT2D eigenvalue weighted by atomic mass is 19.1. The number of rotatable bonds is 4. The lowest BCUT2D eigenvalue weighted by Gasteiger charge is -2.66. The Kier molecular flexibility index (Phi) is 2.07. The summed E-state index contributed by atoms with van der Waals surface area (Å²) in [6.45, 7) is 0. The molecule has 0 aliphatic heterocycles. The van der Waals surface area contributed by atoms with Gasteiger partial charge in [-0.25, -0.2) is 4.39 Å². The Morgan fingerprint density at radius 3 is 2.50 bits per heavy atom. The van der Waals surface area contributed by atoms with Crippen LogP contribution in [0.15, 0.2) is 0 Å². The van der Waals surface area contributed by atoms with Gasteiger partial charge in [0.2, 0.25) is 0 Å². The highest BCUT2D eigenvalue weighted by Gasteiger charge is 2.69. The number of esters is 1. The molecule has 1 N–H and O–H groups in total. The van der Waals surface area contributed by atoms with Gasteiger partial charge in [-0.05, 0) is 38.1 Å². The summed E-state index contributed by atoms with van der Waals surface area (Å²) in [5.41, 5.74) is -0.787. The van der Waals surface area contributed by atoms with E-state index >= 15 is 0 Å². The van der Waals surface area contributed by atoms with Gasteiger partial charge in [-0.2, -0.15) is 0 Å². The lowest BCUT2D eigenvalue weighted by atomic mass is 9.41. The fourth-order valence-electron chi connectivity index (χ4n) is 2.96. The van der Waals surface area contributed by atoms with E-state index in [1.807, 2.05) is 0 Å². The van der Waals surface area contributed by atoms with Crippen LogP contribution in [0.3, 0.4) is 0 Å². The number of ether oxygens (including phenoxy) is 1. The molecule has 2 bridgehead atoms. The monoisotopic (exact) mass is 201 g/mol. The minimum absolute atomic E-state index is 0.0939. The molecule has 0 aromatic rings. The van der Waals surface area contributed by atoms with Gasteiger partial charge in [-0.3, -0.25) is 4.79 Å². The fourth-order valence-corrected chi connectivity index (χ4v) is 2.96. The molecule has 1 atom stereocenters. The van der Waals surface area contributed by atoms with E-state index in [9.17, 15) is 9.18 Å². The number of halogens is 1. The minimum Gasteiger partial charge on any atom is -0.468 e. The number of carbonyl (C=O) groups excluding carboxylic acids is 1. The van der Waals surface area contributed by atoms with E-state index < -0.39 is 5.67 Å². The quantitative estimate of drug-likeness (QED) is 0.690. The van der Waals surface area contributed by atoms with E-state index in [4.69, 9.17) is 0 Å². The molecule has 0 spiro atoms. The molecule has 0 radical (unpaired) electrons. The molecule has 0 aromatic carbocycles. The second-order valence-electron chi connectivity index (χ2n) is 4.75. The molecule has 4 heteroatoms. The third kappa shape index (κ3) is 1.32. The Bertz CT molecular complexity index is 247. The second kappa shape index (κ2) is 2.92. The van der Waals surface area contributed by atoms with Gasteiger partial charge >= 0.3 is 5.97 Å². The predicted octanol–water partition coefficient (Wildman–Crippen LogP) is 1.03. The van der Waals surface area contributed by atoms with Gasteiger partial charge < -0.3 is 10.1 Å². The van der Waals surface area contributed by atoms with Gasteiger partial charge in [0.25, 0.3) is 0 Å². The largest absolute Gasteiger partial charge is 0.468 e. The van der Waals surface area contributed by atoms with Gasteiger partial charge in [-0.15, -0.1) is 0 Å². The number of carbonyl (C=O) groups is 1. The van der Waals surface area contributed by atoms with Gasteiger partial charge in [0.05, 0.1) is 7.11 Å². The number of hydrogen-bond donors (Lipinski definition) is 1. The lowest BCUT2D eigenvalue weighted by molar-refractivity contribution is -0.220. The van der Waals surface area contributed by atoms with Gasteiger partial charge in [-0.1, -0.05) is 0 Å². The van der Waals surface area contributed by atoms with E-state index in [0.717, 1.165) is 0 Å². The SMILES string of the molecule is CN[C@H](CC12CC(F)(C1)C2)C(=O)OC. The molecule has 3 nitrogen and oxygen atoms in total. The first-order valence-electron chi connectivity index (χ1n) is 4.97. The third-order valence-electron chi connectivity index (χ3n) is 3.55. The Balaban J connectivity index is 1.87. The van der Waals surface area contributed by atoms with Crippen LogP contribution in [0.1, 0.15) is 25.7 Å². The number of likely N-dealkylation sites (N-methyl/N-ethyl adjacent to an activating group) is 1. The summed E-state index contributed by atoms with van der Waals surface area (Å²) in [5.74, 6) is -0.245. The van der Waals surface area contributed by atoms with Crippen LogP contribution in [-0.4, -0.2) is 31.8 Å². The van der Waals surface area contributed by atoms with Crippen LogP contribution in [0.4, 0.5) is 4.39 Å². The third-order valence-corrected chi connectivity index (χ3v) is 3.55. The van der Waals surface area contributed by atoms with Crippen molar-refractivity contribution >= 4 is 5.97 Å². The molecule has 3 aliphatic carbocycles. The lowest BCUT2D eigenvalue weighted by Crippen LogP contribution is -2.66. The molecule has 3 rings (SSSR count). The first kappa shape index (κ1) is 9.90. The van der Waals surface area contributed by atoms with Crippen LogP contribution in [0.25, 0.3) is 0 Å². The van der Waals surface area contributed by atoms with E-state index in [1.165, 1.54) is 7.11 Å². The smallest absolute Gasteiger partial charge is 0.322 e. The van der Waals surface area contributed by atoms with Gasteiger partial charge in [0, 0.05) is 0 Å². The average molecular weight is 201 g/mol. The van der Waals surface area contributed by atoms with Crippen molar-refractivity contribution in [1.29, 1.82) is 0 Å². The van der Waals surface area contributed by atoms with Crippen LogP contribution < -0.4 is 5.32 Å².